The molecule has 0 radical (unpaired) electrons. The smallest absolute Gasteiger partial charge is 0.303 e. The van der Waals surface area contributed by atoms with Crippen LogP contribution in [0.3, 0.4) is 0 Å². The second-order valence-electron chi connectivity index (χ2n) is 7.05. The van der Waals surface area contributed by atoms with Gasteiger partial charge in [-0.25, -0.2) is 0 Å². The van der Waals surface area contributed by atoms with Crippen LogP contribution >= 0.6 is 11.8 Å². The number of carbonyl (C=O) groups is 2. The summed E-state index contributed by atoms with van der Waals surface area (Å²) in [4.78, 5) is 24.4. The molecule has 29 heavy (non-hydrogen) atoms. The van der Waals surface area contributed by atoms with E-state index in [1.165, 1.54) is 36.0 Å². The minimum atomic E-state index is -3.34. The van der Waals surface area contributed by atoms with Crippen LogP contribution in [0.25, 0.3) is 0 Å². The van der Waals surface area contributed by atoms with Gasteiger partial charge >= 0.3 is 5.97 Å². The molecule has 8 heteroatoms. The first-order valence-corrected chi connectivity index (χ1v) is 10.7. The standard InChI is InChI=1S/C21H27F2NO4S/c22-21(23,16-8-4-3-5-9-16)18(25)12-11-17-13-15-29-20(28)24(17)14-7-2-1-6-10-19(26)27/h2-5,7-9,17-18,25H,1,6,10-15H2,(H,26,27)/b7-2+/t17?,18-/m1/s1. The quantitative estimate of drug-likeness (QED) is 0.397. The zero-order valence-corrected chi connectivity index (χ0v) is 17.0. The maximum absolute atomic E-state index is 14.5. The number of thioether (sulfide) groups is 1. The fourth-order valence-electron chi connectivity index (χ4n) is 3.26. The second kappa shape index (κ2) is 11.3. The number of carboxylic acid groups (broad SMARTS) is 1. The van der Waals surface area contributed by atoms with Gasteiger partial charge in [0, 0.05) is 30.3 Å². The van der Waals surface area contributed by atoms with Gasteiger partial charge in [-0.1, -0.05) is 54.2 Å². The molecule has 1 unspecified atom stereocenters. The lowest BCUT2D eigenvalue weighted by Crippen LogP contribution is -2.43. The minimum absolute atomic E-state index is 0.0962. The van der Waals surface area contributed by atoms with Crippen molar-refractivity contribution >= 4 is 23.0 Å². The number of amides is 1. The Hall–Kier alpha value is -1.93. The fourth-order valence-corrected chi connectivity index (χ4v) is 4.21. The number of carboxylic acids is 1. The minimum Gasteiger partial charge on any atom is -0.481 e. The van der Waals surface area contributed by atoms with Crippen LogP contribution in [0.1, 0.15) is 44.1 Å². The SMILES string of the molecule is O=C(O)CCC/C=C/CN1C(=O)SCCC1CC[C@@H](O)C(F)(F)c1ccccc1. The molecule has 2 N–H and O–H groups in total. The summed E-state index contributed by atoms with van der Waals surface area (Å²) in [7, 11) is 0. The van der Waals surface area contributed by atoms with Gasteiger partial charge < -0.3 is 15.1 Å². The maximum Gasteiger partial charge on any atom is 0.303 e. The van der Waals surface area contributed by atoms with E-state index in [4.69, 9.17) is 5.11 Å². The largest absolute Gasteiger partial charge is 0.481 e. The van der Waals surface area contributed by atoms with Crippen molar-refractivity contribution in [2.24, 2.45) is 0 Å². The fraction of sp³-hybridized carbons (Fsp3) is 0.524. The van der Waals surface area contributed by atoms with Crippen LogP contribution in [0.4, 0.5) is 13.6 Å². The lowest BCUT2D eigenvalue weighted by atomic mass is 9.96. The van der Waals surface area contributed by atoms with E-state index < -0.39 is 18.0 Å². The van der Waals surface area contributed by atoms with Gasteiger partial charge in [-0.15, -0.1) is 0 Å². The molecule has 1 aliphatic heterocycles. The molecule has 1 heterocycles. The maximum atomic E-state index is 14.5. The van der Waals surface area contributed by atoms with Crippen molar-refractivity contribution in [2.75, 3.05) is 12.3 Å². The van der Waals surface area contributed by atoms with E-state index in [1.807, 2.05) is 12.2 Å². The zero-order chi connectivity index (χ0) is 21.3. The lowest BCUT2D eigenvalue weighted by molar-refractivity contribution is -0.137. The molecule has 160 valence electrons. The number of unbranched alkanes of at least 4 members (excludes halogenated alkanes) is 1. The Labute approximate surface area is 173 Å². The Bertz CT molecular complexity index is 699. The van der Waals surface area contributed by atoms with E-state index >= 15 is 0 Å². The molecule has 0 aliphatic carbocycles. The third-order valence-electron chi connectivity index (χ3n) is 4.93. The van der Waals surface area contributed by atoms with E-state index in [2.05, 4.69) is 0 Å². The van der Waals surface area contributed by atoms with Gasteiger partial charge in [0.2, 0.25) is 0 Å². The van der Waals surface area contributed by atoms with Crippen molar-refractivity contribution in [3.05, 3.63) is 48.0 Å². The molecule has 2 rings (SSSR count). The highest BCUT2D eigenvalue weighted by Crippen LogP contribution is 2.35. The number of allylic oxidation sites excluding steroid dienone is 1. The van der Waals surface area contributed by atoms with Crippen molar-refractivity contribution in [1.82, 2.24) is 4.90 Å². The van der Waals surface area contributed by atoms with Crippen LogP contribution in [0.5, 0.6) is 0 Å². The Morgan fingerprint density at radius 3 is 2.72 bits per heavy atom. The Morgan fingerprint density at radius 1 is 1.31 bits per heavy atom. The molecule has 5 nitrogen and oxygen atoms in total. The molecule has 1 saturated heterocycles. The number of hydrogen-bond acceptors (Lipinski definition) is 4. The van der Waals surface area contributed by atoms with Crippen molar-refractivity contribution in [3.63, 3.8) is 0 Å². The topological polar surface area (TPSA) is 77.8 Å². The summed E-state index contributed by atoms with van der Waals surface area (Å²) >= 11 is 1.20. The number of aliphatic carboxylic acids is 1. The monoisotopic (exact) mass is 427 g/mol. The zero-order valence-electron chi connectivity index (χ0n) is 16.2. The first kappa shape index (κ1) is 23.3. The summed E-state index contributed by atoms with van der Waals surface area (Å²) in [6, 6.07) is 7.06. The van der Waals surface area contributed by atoms with E-state index in [1.54, 1.807) is 11.0 Å². The van der Waals surface area contributed by atoms with Crippen LogP contribution in [-0.2, 0) is 10.7 Å². The van der Waals surface area contributed by atoms with E-state index in [-0.39, 0.29) is 29.7 Å². The van der Waals surface area contributed by atoms with E-state index in [9.17, 15) is 23.5 Å². The van der Waals surface area contributed by atoms with Crippen LogP contribution in [0.15, 0.2) is 42.5 Å². The highest BCUT2D eigenvalue weighted by atomic mass is 32.2. The predicted octanol–water partition coefficient (Wildman–Crippen LogP) is 4.66. The molecule has 0 spiro atoms. The number of carbonyl (C=O) groups excluding carboxylic acids is 1. The van der Waals surface area contributed by atoms with Crippen molar-refractivity contribution < 1.29 is 28.6 Å². The van der Waals surface area contributed by atoms with E-state index in [0.29, 0.717) is 38.0 Å². The summed E-state index contributed by atoms with van der Waals surface area (Å²) in [6.45, 7) is 0.356. The van der Waals surface area contributed by atoms with Gasteiger partial charge in [-0.05, 0) is 32.1 Å². The van der Waals surface area contributed by atoms with Crippen molar-refractivity contribution in [1.29, 1.82) is 0 Å². The van der Waals surface area contributed by atoms with Gasteiger partial charge in [0.1, 0.15) is 6.10 Å². The molecule has 1 fully saturated rings. The normalized spacial score (nSPS) is 18.9. The molecule has 1 amide bonds. The summed E-state index contributed by atoms with van der Waals surface area (Å²) < 4.78 is 28.9. The van der Waals surface area contributed by atoms with Gasteiger partial charge in [0.05, 0.1) is 0 Å². The molecule has 0 bridgehead atoms. The van der Waals surface area contributed by atoms with Crippen LogP contribution in [0, 0.1) is 0 Å². The van der Waals surface area contributed by atoms with Gasteiger partial charge in [-0.2, -0.15) is 8.78 Å². The first-order chi connectivity index (χ1) is 13.8. The van der Waals surface area contributed by atoms with Crippen LogP contribution < -0.4 is 0 Å². The second-order valence-corrected chi connectivity index (χ2v) is 8.09. The third kappa shape index (κ3) is 7.12. The molecular formula is C21H27F2NO4S. The number of nitrogens with zero attached hydrogens (tertiary/aromatic N) is 1. The van der Waals surface area contributed by atoms with E-state index in [0.717, 1.165) is 0 Å². The van der Waals surface area contributed by atoms with Gasteiger partial charge in [-0.3, -0.25) is 9.59 Å². The van der Waals surface area contributed by atoms with Crippen molar-refractivity contribution in [3.8, 4) is 0 Å². The number of halogens is 2. The predicted molar refractivity (Wildman–Crippen MR) is 109 cm³/mol. The summed E-state index contributed by atoms with van der Waals surface area (Å²) in [5, 5.41) is 18.6. The molecule has 1 aromatic carbocycles. The summed E-state index contributed by atoms with van der Waals surface area (Å²) in [5.41, 5.74) is -0.219. The summed E-state index contributed by atoms with van der Waals surface area (Å²) in [5.74, 6) is -3.55. The number of rotatable bonds is 11. The molecule has 1 aliphatic rings. The van der Waals surface area contributed by atoms with Gasteiger partial charge in [0.15, 0.2) is 0 Å². The molecule has 1 aromatic rings. The van der Waals surface area contributed by atoms with Crippen molar-refractivity contribution in [2.45, 2.75) is 56.6 Å². The Kier molecular flexibility index (Phi) is 9.10. The highest BCUT2D eigenvalue weighted by molar-refractivity contribution is 8.13. The number of hydrogen-bond donors (Lipinski definition) is 2. The number of alkyl halides is 2. The highest BCUT2D eigenvalue weighted by Gasteiger charge is 2.40. The average Bonchev–Trinajstić information content (AvgIpc) is 2.70. The molecular weight excluding hydrogens is 400 g/mol. The number of aliphatic hydroxyl groups is 1. The molecule has 2 atom stereocenters. The molecule has 0 saturated carbocycles. The Morgan fingerprint density at radius 2 is 2.03 bits per heavy atom. The average molecular weight is 428 g/mol. The third-order valence-corrected chi connectivity index (χ3v) is 5.85. The first-order valence-electron chi connectivity index (χ1n) is 9.74. The molecule has 0 aromatic heterocycles. The lowest BCUT2D eigenvalue weighted by Gasteiger charge is -2.35. The number of benzene rings is 1. The number of aliphatic hydroxyl groups excluding tert-OH is 1. The van der Waals surface area contributed by atoms with Crippen LogP contribution in [0.2, 0.25) is 0 Å². The van der Waals surface area contributed by atoms with Crippen LogP contribution in [-0.4, -0.2) is 50.8 Å². The Balaban J connectivity index is 1.89. The summed E-state index contributed by atoms with van der Waals surface area (Å²) in [6.07, 6.45) is 3.94. The van der Waals surface area contributed by atoms with Gasteiger partial charge in [0.25, 0.3) is 11.2 Å².